The van der Waals surface area contributed by atoms with Crippen LogP contribution in [0.4, 0.5) is 5.82 Å². The lowest BCUT2D eigenvalue weighted by atomic mass is 10.3. The summed E-state index contributed by atoms with van der Waals surface area (Å²) in [6, 6.07) is 3.32. The molecule has 16 heavy (non-hydrogen) atoms. The number of pyridine rings is 1. The normalized spacial score (nSPS) is 11.0. The monoisotopic (exact) mass is 245 g/mol. The van der Waals surface area contributed by atoms with Gasteiger partial charge in [0.05, 0.1) is 23.9 Å². The van der Waals surface area contributed by atoms with E-state index in [0.717, 1.165) is 0 Å². The summed E-state index contributed by atoms with van der Waals surface area (Å²) in [6.07, 6.45) is 0. The molecule has 0 atom stereocenters. The largest absolute Gasteiger partial charge is 0.395 e. The molecule has 0 fully saturated rings. The number of nitrogens with two attached hydrogens (primary N) is 1. The second kappa shape index (κ2) is 6.65. The summed E-state index contributed by atoms with van der Waals surface area (Å²) in [5.41, 5.74) is 6.22. The molecular weight excluding hydrogens is 230 g/mol. The van der Waals surface area contributed by atoms with Crippen molar-refractivity contribution in [2.45, 2.75) is 6.54 Å². The number of aliphatic hydroxyl groups excluding tert-OH is 2. The Hall–Kier alpha value is -0.880. The predicted octanol–water partition coefficient (Wildman–Crippen LogP) is 0.104. The lowest BCUT2D eigenvalue weighted by Crippen LogP contribution is -2.29. The molecule has 1 aromatic rings. The Balaban J connectivity index is 2.71. The van der Waals surface area contributed by atoms with Crippen molar-refractivity contribution in [3.05, 3.63) is 22.8 Å². The van der Waals surface area contributed by atoms with E-state index >= 15 is 0 Å². The zero-order valence-corrected chi connectivity index (χ0v) is 9.69. The van der Waals surface area contributed by atoms with Crippen LogP contribution in [0, 0.1) is 0 Å². The summed E-state index contributed by atoms with van der Waals surface area (Å²) in [7, 11) is 0. The van der Waals surface area contributed by atoms with E-state index in [-0.39, 0.29) is 13.2 Å². The van der Waals surface area contributed by atoms with Gasteiger partial charge in [-0.1, -0.05) is 11.6 Å². The number of halogens is 1. The fourth-order valence-corrected chi connectivity index (χ4v) is 1.54. The molecule has 0 unspecified atom stereocenters. The van der Waals surface area contributed by atoms with Crippen LogP contribution in [-0.4, -0.2) is 46.4 Å². The minimum absolute atomic E-state index is 0.0277. The number of anilines is 1. The molecule has 0 saturated heterocycles. The first-order chi connectivity index (χ1) is 7.67. The Morgan fingerprint density at radius 3 is 2.44 bits per heavy atom. The van der Waals surface area contributed by atoms with Gasteiger partial charge in [-0.25, -0.2) is 4.98 Å². The Bertz CT molecular complexity index is 330. The maximum Gasteiger partial charge on any atom is 0.123 e. The van der Waals surface area contributed by atoms with Gasteiger partial charge in [0.1, 0.15) is 5.82 Å². The van der Waals surface area contributed by atoms with E-state index in [2.05, 4.69) is 4.98 Å². The highest BCUT2D eigenvalue weighted by Crippen LogP contribution is 2.16. The Labute approximate surface area is 99.5 Å². The number of rotatable bonds is 6. The first-order valence-electron chi connectivity index (χ1n) is 5.02. The molecule has 0 radical (unpaired) electrons. The quantitative estimate of drug-likeness (QED) is 0.662. The van der Waals surface area contributed by atoms with Gasteiger partial charge >= 0.3 is 0 Å². The first-order valence-corrected chi connectivity index (χ1v) is 5.40. The Morgan fingerprint density at radius 2 is 1.88 bits per heavy atom. The summed E-state index contributed by atoms with van der Waals surface area (Å²) < 4.78 is 0. The minimum Gasteiger partial charge on any atom is -0.395 e. The van der Waals surface area contributed by atoms with E-state index in [1.54, 1.807) is 12.1 Å². The molecule has 0 aromatic carbocycles. The molecule has 90 valence electrons. The fraction of sp³-hybridized carbons (Fsp3) is 0.500. The van der Waals surface area contributed by atoms with Crippen LogP contribution in [-0.2, 0) is 6.54 Å². The molecule has 0 aliphatic rings. The topological polar surface area (TPSA) is 82.6 Å². The molecule has 1 aromatic heterocycles. The van der Waals surface area contributed by atoms with Crippen LogP contribution >= 0.6 is 11.6 Å². The molecule has 4 N–H and O–H groups in total. The van der Waals surface area contributed by atoms with Crippen LogP contribution in [0.25, 0.3) is 0 Å². The van der Waals surface area contributed by atoms with Gasteiger partial charge in [0.2, 0.25) is 0 Å². The summed E-state index contributed by atoms with van der Waals surface area (Å²) in [6.45, 7) is 1.45. The maximum absolute atomic E-state index is 8.86. The third-order valence-electron chi connectivity index (χ3n) is 2.15. The van der Waals surface area contributed by atoms with Crippen molar-refractivity contribution in [3.63, 3.8) is 0 Å². The third kappa shape index (κ3) is 3.94. The van der Waals surface area contributed by atoms with E-state index in [1.807, 2.05) is 4.90 Å². The van der Waals surface area contributed by atoms with E-state index in [1.165, 1.54) is 0 Å². The van der Waals surface area contributed by atoms with Gasteiger partial charge in [0.15, 0.2) is 0 Å². The summed E-state index contributed by atoms with van der Waals surface area (Å²) in [5.74, 6) is 0.410. The van der Waals surface area contributed by atoms with E-state index in [4.69, 9.17) is 27.5 Å². The average molecular weight is 246 g/mol. The van der Waals surface area contributed by atoms with Gasteiger partial charge in [-0.15, -0.1) is 0 Å². The molecule has 1 heterocycles. The van der Waals surface area contributed by atoms with Crippen molar-refractivity contribution in [2.75, 3.05) is 32.0 Å². The zero-order chi connectivity index (χ0) is 12.0. The van der Waals surface area contributed by atoms with E-state index in [9.17, 15) is 0 Å². The molecule has 0 bridgehead atoms. The summed E-state index contributed by atoms with van der Waals surface area (Å²) >= 11 is 5.97. The number of aliphatic hydroxyl groups is 2. The van der Waals surface area contributed by atoms with Crippen molar-refractivity contribution >= 4 is 17.4 Å². The highest BCUT2D eigenvalue weighted by molar-refractivity contribution is 6.31. The van der Waals surface area contributed by atoms with Gasteiger partial charge in [-0.05, 0) is 12.1 Å². The zero-order valence-electron chi connectivity index (χ0n) is 8.93. The van der Waals surface area contributed by atoms with Crippen molar-refractivity contribution in [1.82, 2.24) is 9.88 Å². The maximum atomic E-state index is 8.86. The molecule has 0 spiro atoms. The highest BCUT2D eigenvalue weighted by atomic mass is 35.5. The van der Waals surface area contributed by atoms with Gasteiger partial charge in [-0.3, -0.25) is 4.90 Å². The lowest BCUT2D eigenvalue weighted by molar-refractivity contribution is 0.155. The highest BCUT2D eigenvalue weighted by Gasteiger charge is 2.09. The smallest absolute Gasteiger partial charge is 0.123 e. The SMILES string of the molecule is Nc1ccc(Cl)c(CN(CCO)CCO)n1. The summed E-state index contributed by atoms with van der Waals surface area (Å²) in [5, 5.41) is 18.3. The lowest BCUT2D eigenvalue weighted by Gasteiger charge is -2.20. The van der Waals surface area contributed by atoms with Crippen molar-refractivity contribution in [2.24, 2.45) is 0 Å². The molecule has 0 aliphatic heterocycles. The first kappa shape index (κ1) is 13.2. The predicted molar refractivity (Wildman–Crippen MR) is 63.1 cm³/mol. The average Bonchev–Trinajstić information content (AvgIpc) is 2.24. The number of hydrogen-bond acceptors (Lipinski definition) is 5. The number of nitrogens with zero attached hydrogens (tertiary/aromatic N) is 2. The van der Waals surface area contributed by atoms with E-state index < -0.39 is 0 Å². The van der Waals surface area contributed by atoms with Crippen LogP contribution in [0.2, 0.25) is 5.02 Å². The third-order valence-corrected chi connectivity index (χ3v) is 2.49. The molecule has 1 rings (SSSR count). The molecule has 6 heteroatoms. The van der Waals surface area contributed by atoms with Crippen molar-refractivity contribution < 1.29 is 10.2 Å². The van der Waals surface area contributed by atoms with E-state index in [0.29, 0.717) is 36.2 Å². The Kier molecular flexibility index (Phi) is 5.48. The standard InChI is InChI=1S/C10H16ClN3O2/c11-8-1-2-10(12)13-9(8)7-14(3-5-15)4-6-16/h1-2,15-16H,3-7H2,(H2,12,13). The molecule has 5 nitrogen and oxygen atoms in total. The minimum atomic E-state index is 0.0277. The van der Waals surface area contributed by atoms with Crippen LogP contribution in [0.15, 0.2) is 12.1 Å². The van der Waals surface area contributed by atoms with Crippen LogP contribution in [0.1, 0.15) is 5.69 Å². The molecule has 0 saturated carbocycles. The fourth-order valence-electron chi connectivity index (χ4n) is 1.38. The summed E-state index contributed by atoms with van der Waals surface area (Å²) in [4.78, 5) is 5.97. The van der Waals surface area contributed by atoms with Crippen LogP contribution in [0.3, 0.4) is 0 Å². The second-order valence-electron chi connectivity index (χ2n) is 3.39. The number of aromatic nitrogens is 1. The van der Waals surface area contributed by atoms with Gasteiger partial charge in [-0.2, -0.15) is 0 Å². The van der Waals surface area contributed by atoms with Gasteiger partial charge < -0.3 is 15.9 Å². The van der Waals surface area contributed by atoms with Gasteiger partial charge in [0.25, 0.3) is 0 Å². The second-order valence-corrected chi connectivity index (χ2v) is 3.80. The molecular formula is C10H16ClN3O2. The molecule has 0 aliphatic carbocycles. The van der Waals surface area contributed by atoms with Crippen LogP contribution in [0.5, 0.6) is 0 Å². The number of nitrogen functional groups attached to an aromatic ring is 1. The van der Waals surface area contributed by atoms with Gasteiger partial charge in [0, 0.05) is 19.6 Å². The molecule has 0 amide bonds. The van der Waals surface area contributed by atoms with Crippen LogP contribution < -0.4 is 5.73 Å². The Morgan fingerprint density at radius 1 is 1.25 bits per heavy atom. The van der Waals surface area contributed by atoms with Crippen molar-refractivity contribution in [1.29, 1.82) is 0 Å². The number of hydrogen-bond donors (Lipinski definition) is 3. The van der Waals surface area contributed by atoms with Crippen molar-refractivity contribution in [3.8, 4) is 0 Å².